The first-order chi connectivity index (χ1) is 20.9. The van der Waals surface area contributed by atoms with Crippen LogP contribution < -0.4 is 10.3 Å². The fourth-order valence-corrected chi connectivity index (χ4v) is 8.18. The van der Waals surface area contributed by atoms with Crippen molar-refractivity contribution >= 4 is 56.1 Å². The van der Waals surface area contributed by atoms with E-state index < -0.39 is 34.0 Å². The average Bonchev–Trinajstić information content (AvgIpc) is 3.55. The van der Waals surface area contributed by atoms with Crippen LogP contribution in [0.3, 0.4) is 0 Å². The summed E-state index contributed by atoms with van der Waals surface area (Å²) in [6.07, 6.45) is 1.74. The Morgan fingerprint density at radius 1 is 0.953 bits per heavy atom. The zero-order valence-electron chi connectivity index (χ0n) is 22.8. The monoisotopic (exact) mass is 585 g/mol. The highest BCUT2D eigenvalue weighted by Crippen LogP contribution is 2.64. The van der Waals surface area contributed by atoms with Crippen molar-refractivity contribution in [3.8, 4) is 0 Å². The van der Waals surface area contributed by atoms with Crippen molar-refractivity contribution in [2.24, 2.45) is 16.9 Å². The van der Waals surface area contributed by atoms with Crippen molar-refractivity contribution in [1.82, 2.24) is 4.98 Å². The highest BCUT2D eigenvalue weighted by atomic mass is 32.1. The van der Waals surface area contributed by atoms with Crippen LogP contribution >= 0.6 is 11.3 Å². The molecule has 1 aliphatic heterocycles. The molecular formula is C33H23N5O4S. The highest BCUT2D eigenvalue weighted by molar-refractivity contribution is 7.22. The van der Waals surface area contributed by atoms with Gasteiger partial charge in [-0.15, -0.1) is 0 Å². The van der Waals surface area contributed by atoms with Crippen LogP contribution in [0.4, 0.5) is 16.5 Å². The minimum Gasteiger partial charge on any atom is -0.274 e. The smallest absolute Gasteiger partial charge is 0.274 e. The number of para-hydroxylation sites is 1. The molecule has 5 aromatic rings. The van der Waals surface area contributed by atoms with E-state index in [0.29, 0.717) is 10.7 Å². The Kier molecular flexibility index (Phi) is 5.42. The zero-order valence-corrected chi connectivity index (χ0v) is 23.6. The third kappa shape index (κ3) is 3.44. The Morgan fingerprint density at radius 2 is 1.63 bits per heavy atom. The molecule has 1 N–H and O–H groups in total. The Labute approximate surface area is 249 Å². The predicted molar refractivity (Wildman–Crippen MR) is 165 cm³/mol. The number of thiazole rings is 1. The number of fused-ring (bicyclic) bond motifs is 1. The van der Waals surface area contributed by atoms with Crippen LogP contribution in [0, 0.1) is 28.9 Å². The SMILES string of the molecule is Cc1ccc(N2C(=O)[C@@H]3C4c5ccccc5C(/C=N\Nc5nc6ccccc6s5)(c5ccccc54)[C@H]3C2=O)c([N+](=O)[O-])c1. The molecule has 3 aliphatic carbocycles. The van der Waals surface area contributed by atoms with E-state index in [4.69, 9.17) is 0 Å². The van der Waals surface area contributed by atoms with Crippen molar-refractivity contribution < 1.29 is 14.5 Å². The van der Waals surface area contributed by atoms with Gasteiger partial charge in [-0.2, -0.15) is 5.10 Å². The van der Waals surface area contributed by atoms with Crippen LogP contribution in [-0.4, -0.2) is 27.9 Å². The van der Waals surface area contributed by atoms with E-state index >= 15 is 0 Å². The van der Waals surface area contributed by atoms with E-state index in [9.17, 15) is 19.7 Å². The summed E-state index contributed by atoms with van der Waals surface area (Å²) in [4.78, 5) is 46.1. The quantitative estimate of drug-likeness (QED) is 0.114. The molecule has 0 radical (unpaired) electrons. The van der Waals surface area contributed by atoms with Gasteiger partial charge in [-0.25, -0.2) is 9.88 Å². The molecule has 4 aromatic carbocycles. The first kappa shape index (κ1) is 25.5. The number of carbonyl (C=O) groups excluding carboxylic acids is 2. The third-order valence-electron chi connectivity index (χ3n) is 8.97. The second-order valence-corrected chi connectivity index (χ2v) is 12.2. The summed E-state index contributed by atoms with van der Waals surface area (Å²) in [5.41, 5.74) is 6.91. The summed E-state index contributed by atoms with van der Waals surface area (Å²) in [5.74, 6) is -2.89. The summed E-state index contributed by atoms with van der Waals surface area (Å²) >= 11 is 1.47. The molecular weight excluding hydrogens is 562 g/mol. The Morgan fingerprint density at radius 3 is 2.33 bits per heavy atom. The van der Waals surface area contributed by atoms with Crippen molar-refractivity contribution in [3.05, 3.63) is 129 Å². The van der Waals surface area contributed by atoms with Crippen molar-refractivity contribution in [3.63, 3.8) is 0 Å². The Bertz CT molecular complexity index is 1970. The fraction of sp³-hybridized carbons (Fsp3) is 0.152. The van der Waals surface area contributed by atoms with Crippen LogP contribution in [-0.2, 0) is 15.0 Å². The molecule has 1 saturated heterocycles. The lowest BCUT2D eigenvalue weighted by atomic mass is 9.47. The molecule has 0 unspecified atom stereocenters. The second kappa shape index (κ2) is 9.14. The molecule has 10 heteroatoms. The first-order valence-electron chi connectivity index (χ1n) is 13.9. The average molecular weight is 586 g/mol. The molecule has 43 heavy (non-hydrogen) atoms. The number of amides is 2. The van der Waals surface area contributed by atoms with Crippen LogP contribution in [0.2, 0.25) is 0 Å². The molecule has 4 aliphatic rings. The van der Waals surface area contributed by atoms with Gasteiger partial charge in [0.05, 0.1) is 32.4 Å². The van der Waals surface area contributed by atoms with Crippen molar-refractivity contribution in [2.75, 3.05) is 10.3 Å². The number of nitro benzene ring substituents is 1. The Balaban J connectivity index is 1.32. The first-order valence-corrected chi connectivity index (χ1v) is 14.7. The molecule has 1 fully saturated rings. The van der Waals surface area contributed by atoms with Gasteiger partial charge in [-0.1, -0.05) is 78.1 Å². The molecule has 210 valence electrons. The van der Waals surface area contributed by atoms with Crippen LogP contribution in [0.25, 0.3) is 10.2 Å². The molecule has 9 nitrogen and oxygen atoms in total. The molecule has 2 bridgehead atoms. The van der Waals surface area contributed by atoms with E-state index in [2.05, 4.69) is 15.5 Å². The number of nitrogens with zero attached hydrogens (tertiary/aromatic N) is 4. The number of anilines is 2. The summed E-state index contributed by atoms with van der Waals surface area (Å²) in [6.45, 7) is 1.74. The topological polar surface area (TPSA) is 118 Å². The van der Waals surface area contributed by atoms with Crippen molar-refractivity contribution in [1.29, 1.82) is 0 Å². The molecule has 2 heterocycles. The maximum absolute atomic E-state index is 14.6. The minimum absolute atomic E-state index is 0.00722. The van der Waals surface area contributed by atoms with Crippen LogP contribution in [0.5, 0.6) is 0 Å². The number of benzene rings is 4. The lowest BCUT2D eigenvalue weighted by Gasteiger charge is -2.52. The molecule has 0 spiro atoms. The molecule has 9 rings (SSSR count). The standard InChI is InChI=1S/C33H23N5O4S/c1-18-14-15-24(25(16-18)38(41)42)37-30(39)28-27-19-8-2-4-10-21(19)33(29(28)31(37)40,22-11-5-3-9-20(22)27)17-34-36-32-35-23-12-6-7-13-26(23)43-32/h2-17,27-29H,1H3,(H,35,36)/b34-17-/t27?,28-,29-,33?/m1/s1. The largest absolute Gasteiger partial charge is 0.293 e. The molecule has 0 saturated carbocycles. The number of hydrazone groups is 1. The number of carbonyl (C=O) groups is 2. The minimum atomic E-state index is -1.10. The summed E-state index contributed by atoms with van der Waals surface area (Å²) in [5, 5.41) is 17.4. The van der Waals surface area contributed by atoms with Gasteiger partial charge in [0.2, 0.25) is 16.9 Å². The number of nitrogens with one attached hydrogen (secondary N) is 1. The molecule has 2 amide bonds. The Hall–Kier alpha value is -5.22. The number of nitro groups is 1. The van der Waals surface area contributed by atoms with Gasteiger partial charge in [-0.3, -0.25) is 25.1 Å². The number of aryl methyl sites for hydroxylation is 1. The van der Waals surface area contributed by atoms with Crippen molar-refractivity contribution in [2.45, 2.75) is 18.3 Å². The lowest BCUT2D eigenvalue weighted by Crippen LogP contribution is -2.54. The number of hydrogen-bond donors (Lipinski definition) is 1. The van der Waals surface area contributed by atoms with E-state index in [1.807, 2.05) is 72.8 Å². The predicted octanol–water partition coefficient (Wildman–Crippen LogP) is 6.16. The molecule has 2 atom stereocenters. The summed E-state index contributed by atoms with van der Waals surface area (Å²) in [6, 6.07) is 28.1. The maximum Gasteiger partial charge on any atom is 0.293 e. The van der Waals surface area contributed by atoms with Gasteiger partial charge in [0.15, 0.2) is 0 Å². The normalized spacial score (nSPS) is 23.5. The lowest BCUT2D eigenvalue weighted by molar-refractivity contribution is -0.384. The van der Waals surface area contributed by atoms with E-state index in [1.165, 1.54) is 23.5 Å². The summed E-state index contributed by atoms with van der Waals surface area (Å²) < 4.78 is 1.01. The van der Waals surface area contributed by atoms with Crippen LogP contribution in [0.15, 0.2) is 96.1 Å². The number of rotatable bonds is 5. The fourth-order valence-electron chi connectivity index (χ4n) is 7.37. The third-order valence-corrected chi connectivity index (χ3v) is 9.92. The molecule has 1 aromatic heterocycles. The van der Waals surface area contributed by atoms with E-state index in [1.54, 1.807) is 19.2 Å². The number of aromatic nitrogens is 1. The van der Waals surface area contributed by atoms with Gasteiger partial charge in [0, 0.05) is 18.2 Å². The summed E-state index contributed by atoms with van der Waals surface area (Å²) in [7, 11) is 0. The van der Waals surface area contributed by atoms with E-state index in [0.717, 1.165) is 37.4 Å². The maximum atomic E-state index is 14.6. The van der Waals surface area contributed by atoms with Gasteiger partial charge >= 0.3 is 0 Å². The van der Waals surface area contributed by atoms with Gasteiger partial charge in [0.25, 0.3) is 5.69 Å². The van der Waals surface area contributed by atoms with E-state index in [-0.39, 0.29) is 17.3 Å². The van der Waals surface area contributed by atoms with Gasteiger partial charge in [0.1, 0.15) is 5.69 Å². The van der Waals surface area contributed by atoms with Gasteiger partial charge < -0.3 is 0 Å². The van der Waals surface area contributed by atoms with Gasteiger partial charge in [-0.05, 0) is 52.9 Å². The van der Waals surface area contributed by atoms with Crippen LogP contribution in [0.1, 0.15) is 33.7 Å². The number of hydrogen-bond acceptors (Lipinski definition) is 8. The highest BCUT2D eigenvalue weighted by Gasteiger charge is 2.68. The second-order valence-electron chi connectivity index (χ2n) is 11.1. The zero-order chi connectivity index (χ0) is 29.5. The number of imide groups is 1.